The van der Waals surface area contributed by atoms with Crippen molar-refractivity contribution in [1.82, 2.24) is 0 Å². The highest BCUT2D eigenvalue weighted by atomic mass is 79.9. The van der Waals surface area contributed by atoms with Crippen LogP contribution < -0.4 is 0 Å². The molecule has 20 heavy (non-hydrogen) atoms. The lowest BCUT2D eigenvalue weighted by Crippen LogP contribution is -2.09. The molecule has 0 heterocycles. The van der Waals surface area contributed by atoms with E-state index in [9.17, 15) is 9.00 Å². The number of hydrogen-bond donors (Lipinski definition) is 1. The first-order valence-electron chi connectivity index (χ1n) is 6.40. The van der Waals surface area contributed by atoms with Crippen LogP contribution in [0.2, 0.25) is 0 Å². The maximum Gasteiger partial charge on any atom is 0.336 e. The van der Waals surface area contributed by atoms with Gasteiger partial charge in [0.1, 0.15) is 0 Å². The summed E-state index contributed by atoms with van der Waals surface area (Å²) in [5.41, 5.74) is 0.122. The predicted octanol–water partition coefficient (Wildman–Crippen LogP) is 3.32. The van der Waals surface area contributed by atoms with Gasteiger partial charge in [0.15, 0.2) is 0 Å². The molecule has 1 N–H and O–H groups in total. The number of carbonyl (C=O) groups is 1. The predicted molar refractivity (Wildman–Crippen MR) is 82.7 cm³/mol. The topological polar surface area (TPSA) is 63.6 Å². The van der Waals surface area contributed by atoms with Gasteiger partial charge in [0.2, 0.25) is 0 Å². The van der Waals surface area contributed by atoms with Crippen LogP contribution in [0.1, 0.15) is 30.6 Å². The van der Waals surface area contributed by atoms with Crippen molar-refractivity contribution in [3.8, 4) is 0 Å². The zero-order valence-electron chi connectivity index (χ0n) is 11.6. The summed E-state index contributed by atoms with van der Waals surface area (Å²) in [6.07, 6.45) is 0.980. The number of hydrogen-bond acceptors (Lipinski definition) is 3. The molecule has 0 fully saturated rings. The fraction of sp³-hybridized carbons (Fsp3) is 0.500. The summed E-state index contributed by atoms with van der Waals surface area (Å²) in [5, 5.41) is 9.02. The molecule has 0 amide bonds. The molecule has 0 aliphatic rings. The van der Waals surface area contributed by atoms with Crippen LogP contribution in [0.15, 0.2) is 27.6 Å². The summed E-state index contributed by atoms with van der Waals surface area (Å²) in [7, 11) is -1.24. The van der Waals surface area contributed by atoms with E-state index in [1.165, 1.54) is 6.07 Å². The van der Waals surface area contributed by atoms with Gasteiger partial charge < -0.3 is 9.84 Å². The van der Waals surface area contributed by atoms with Gasteiger partial charge in [-0.25, -0.2) is 4.79 Å². The van der Waals surface area contributed by atoms with Gasteiger partial charge in [-0.15, -0.1) is 0 Å². The third kappa shape index (κ3) is 5.73. The van der Waals surface area contributed by atoms with Crippen LogP contribution in [0.3, 0.4) is 0 Å². The molecule has 1 aromatic carbocycles. The average molecular weight is 363 g/mol. The van der Waals surface area contributed by atoms with E-state index in [4.69, 9.17) is 9.84 Å². The number of ether oxygens (including phenoxy) is 1. The number of halogens is 1. The fourth-order valence-corrected chi connectivity index (χ4v) is 2.87. The van der Waals surface area contributed by atoms with Gasteiger partial charge in [0.05, 0.1) is 28.7 Å². The Balaban J connectivity index is 2.51. The number of aromatic carboxylic acids is 1. The Morgan fingerprint density at radius 3 is 2.70 bits per heavy atom. The zero-order chi connectivity index (χ0) is 15.1. The zero-order valence-corrected chi connectivity index (χ0v) is 14.0. The first kappa shape index (κ1) is 17.3. The second kappa shape index (κ2) is 8.54. The SMILES string of the molecule is CC(C)CCOCCS(=O)c1ccc(Br)c(C(=O)O)c1. The van der Waals surface area contributed by atoms with E-state index >= 15 is 0 Å². The summed E-state index contributed by atoms with van der Waals surface area (Å²) in [5.74, 6) is -0.0762. The standard InChI is InChI=1S/C14H19BrO4S/c1-10(2)5-6-19-7-8-20(18)11-3-4-13(15)12(9-11)14(16)17/h3-4,9-10H,5-8H2,1-2H3,(H,16,17). The molecule has 4 nitrogen and oxygen atoms in total. The molecule has 112 valence electrons. The third-order valence-corrected chi connectivity index (χ3v) is 4.69. The summed E-state index contributed by atoms with van der Waals surface area (Å²) >= 11 is 3.16. The van der Waals surface area contributed by atoms with Crippen molar-refractivity contribution in [3.05, 3.63) is 28.2 Å². The first-order valence-corrected chi connectivity index (χ1v) is 8.52. The van der Waals surface area contributed by atoms with E-state index in [0.29, 0.717) is 34.3 Å². The normalized spacial score (nSPS) is 12.6. The van der Waals surface area contributed by atoms with Crippen LogP contribution in [-0.4, -0.2) is 34.3 Å². The smallest absolute Gasteiger partial charge is 0.336 e. The number of carboxylic acid groups (broad SMARTS) is 1. The molecule has 1 rings (SSSR count). The molecule has 1 atom stereocenters. The molecule has 6 heteroatoms. The van der Waals surface area contributed by atoms with E-state index in [2.05, 4.69) is 29.8 Å². The highest BCUT2D eigenvalue weighted by Gasteiger charge is 2.12. The van der Waals surface area contributed by atoms with Crippen molar-refractivity contribution in [3.63, 3.8) is 0 Å². The fourth-order valence-electron chi connectivity index (χ4n) is 1.48. The van der Waals surface area contributed by atoms with Crippen LogP contribution in [0.5, 0.6) is 0 Å². The molecule has 0 aromatic heterocycles. The van der Waals surface area contributed by atoms with Crippen LogP contribution in [0.4, 0.5) is 0 Å². The first-order chi connectivity index (χ1) is 9.41. The minimum Gasteiger partial charge on any atom is -0.478 e. The van der Waals surface area contributed by atoms with Crippen molar-refractivity contribution >= 4 is 32.7 Å². The molecule has 0 aliphatic heterocycles. The van der Waals surface area contributed by atoms with Gasteiger partial charge in [-0.05, 0) is 46.5 Å². The van der Waals surface area contributed by atoms with Crippen molar-refractivity contribution in [2.45, 2.75) is 25.2 Å². The lowest BCUT2D eigenvalue weighted by Gasteiger charge is -2.07. The van der Waals surface area contributed by atoms with E-state index in [0.717, 1.165) is 6.42 Å². The van der Waals surface area contributed by atoms with Crippen molar-refractivity contribution < 1.29 is 18.8 Å². The van der Waals surface area contributed by atoms with Crippen molar-refractivity contribution in [2.24, 2.45) is 5.92 Å². The van der Waals surface area contributed by atoms with E-state index in [-0.39, 0.29) is 5.56 Å². The third-order valence-electron chi connectivity index (χ3n) is 2.68. The van der Waals surface area contributed by atoms with Crippen molar-refractivity contribution in [2.75, 3.05) is 19.0 Å². The van der Waals surface area contributed by atoms with Crippen LogP contribution in [0.25, 0.3) is 0 Å². The van der Waals surface area contributed by atoms with Gasteiger partial charge in [0, 0.05) is 16.0 Å². The maximum absolute atomic E-state index is 12.1. The maximum atomic E-state index is 12.1. The Kier molecular flexibility index (Phi) is 7.40. The summed E-state index contributed by atoms with van der Waals surface area (Å²) in [4.78, 5) is 11.5. The van der Waals surface area contributed by atoms with Crippen molar-refractivity contribution in [1.29, 1.82) is 0 Å². The molecule has 0 saturated carbocycles. The molecule has 0 radical (unpaired) electrons. The Morgan fingerprint density at radius 1 is 1.40 bits per heavy atom. The van der Waals surface area contributed by atoms with Crippen LogP contribution in [-0.2, 0) is 15.5 Å². The summed E-state index contributed by atoms with van der Waals surface area (Å²) < 4.78 is 18.0. The largest absolute Gasteiger partial charge is 0.478 e. The Labute approximate surface area is 130 Å². The van der Waals surface area contributed by atoms with Gasteiger partial charge >= 0.3 is 5.97 Å². The average Bonchev–Trinajstić information content (AvgIpc) is 2.37. The van der Waals surface area contributed by atoms with Crippen LogP contribution in [0, 0.1) is 5.92 Å². The van der Waals surface area contributed by atoms with Crippen LogP contribution >= 0.6 is 15.9 Å². The summed E-state index contributed by atoms with van der Waals surface area (Å²) in [6, 6.07) is 4.72. The Bertz CT molecular complexity index is 488. The summed E-state index contributed by atoms with van der Waals surface area (Å²) in [6.45, 7) is 5.32. The molecule has 0 spiro atoms. The highest BCUT2D eigenvalue weighted by molar-refractivity contribution is 9.10. The second-order valence-electron chi connectivity index (χ2n) is 4.79. The molecule has 1 unspecified atom stereocenters. The van der Waals surface area contributed by atoms with Gasteiger partial charge in [-0.3, -0.25) is 4.21 Å². The quantitative estimate of drug-likeness (QED) is 0.720. The Morgan fingerprint density at radius 2 is 2.10 bits per heavy atom. The minimum absolute atomic E-state index is 0.122. The molecular formula is C14H19BrO4S. The number of rotatable bonds is 8. The molecule has 0 aliphatic carbocycles. The molecule has 1 aromatic rings. The monoisotopic (exact) mass is 362 g/mol. The molecule has 0 bridgehead atoms. The van der Waals surface area contributed by atoms with Gasteiger partial charge in [-0.1, -0.05) is 13.8 Å². The Hall–Kier alpha value is -0.720. The number of carboxylic acids is 1. The minimum atomic E-state index is -1.24. The lowest BCUT2D eigenvalue weighted by molar-refractivity contribution is 0.0695. The molecule has 0 saturated heterocycles. The van der Waals surface area contributed by atoms with Gasteiger partial charge in [-0.2, -0.15) is 0 Å². The van der Waals surface area contributed by atoms with E-state index < -0.39 is 16.8 Å². The second-order valence-corrected chi connectivity index (χ2v) is 7.22. The van der Waals surface area contributed by atoms with E-state index in [1.807, 2.05) is 0 Å². The highest BCUT2D eigenvalue weighted by Crippen LogP contribution is 2.20. The van der Waals surface area contributed by atoms with Gasteiger partial charge in [0.25, 0.3) is 0 Å². The lowest BCUT2D eigenvalue weighted by atomic mass is 10.1. The van der Waals surface area contributed by atoms with E-state index in [1.54, 1.807) is 12.1 Å². The molecular weight excluding hydrogens is 344 g/mol. The number of benzene rings is 1.